The Hall–Kier alpha value is -1.57. The lowest BCUT2D eigenvalue weighted by Gasteiger charge is -2.11. The van der Waals surface area contributed by atoms with Gasteiger partial charge in [0.2, 0.25) is 0 Å². The minimum atomic E-state index is 0.0787. The standard InChI is InChI=1S/C13H15NO.C2H6/c1-9(2)12-8-14(3)13(15)11-7-5-4-6-10(11)12;1-2/h4-9H,1-3H3;1-2H3. The Morgan fingerprint density at radius 2 is 1.59 bits per heavy atom. The molecule has 0 amide bonds. The molecule has 0 aliphatic heterocycles. The van der Waals surface area contributed by atoms with Gasteiger partial charge < -0.3 is 4.57 Å². The Morgan fingerprint density at radius 3 is 2.12 bits per heavy atom. The summed E-state index contributed by atoms with van der Waals surface area (Å²) in [4.78, 5) is 11.9. The van der Waals surface area contributed by atoms with Gasteiger partial charge in [-0.15, -0.1) is 0 Å². The minimum Gasteiger partial charge on any atom is -0.318 e. The van der Waals surface area contributed by atoms with Crippen molar-refractivity contribution in [3.63, 3.8) is 0 Å². The Labute approximate surface area is 103 Å². The highest BCUT2D eigenvalue weighted by Gasteiger charge is 2.08. The van der Waals surface area contributed by atoms with Crippen LogP contribution < -0.4 is 5.56 Å². The second kappa shape index (κ2) is 5.67. The SMILES string of the molecule is CC.CC(C)c1cn(C)c(=O)c2ccccc12. The Morgan fingerprint density at radius 1 is 1.06 bits per heavy atom. The van der Waals surface area contributed by atoms with Crippen molar-refractivity contribution >= 4 is 10.8 Å². The van der Waals surface area contributed by atoms with Crippen molar-refractivity contribution in [2.24, 2.45) is 7.05 Å². The van der Waals surface area contributed by atoms with Gasteiger partial charge in [-0.1, -0.05) is 45.9 Å². The van der Waals surface area contributed by atoms with Crippen LogP contribution in [0, 0.1) is 0 Å². The van der Waals surface area contributed by atoms with Crippen LogP contribution in [0.1, 0.15) is 39.2 Å². The molecule has 0 aliphatic rings. The average molecular weight is 231 g/mol. The number of rotatable bonds is 1. The van der Waals surface area contributed by atoms with Crippen LogP contribution in [-0.2, 0) is 7.05 Å². The van der Waals surface area contributed by atoms with Crippen LogP contribution in [0.25, 0.3) is 10.8 Å². The molecule has 0 N–H and O–H groups in total. The first-order valence-electron chi connectivity index (χ1n) is 6.19. The highest BCUT2D eigenvalue weighted by atomic mass is 16.1. The molecule has 0 saturated heterocycles. The van der Waals surface area contributed by atoms with Crippen LogP contribution in [0.5, 0.6) is 0 Å². The molecule has 0 fully saturated rings. The van der Waals surface area contributed by atoms with Gasteiger partial charge in [0.05, 0.1) is 0 Å². The molecule has 2 heteroatoms. The zero-order valence-electron chi connectivity index (χ0n) is 11.3. The van der Waals surface area contributed by atoms with Crippen molar-refractivity contribution in [2.75, 3.05) is 0 Å². The Bertz CT molecular complexity index is 552. The van der Waals surface area contributed by atoms with E-state index in [4.69, 9.17) is 0 Å². The Balaban J connectivity index is 0.000000686. The summed E-state index contributed by atoms with van der Waals surface area (Å²) >= 11 is 0. The molecule has 0 radical (unpaired) electrons. The van der Waals surface area contributed by atoms with E-state index in [1.54, 1.807) is 11.6 Å². The van der Waals surface area contributed by atoms with E-state index in [-0.39, 0.29) is 5.56 Å². The lowest BCUT2D eigenvalue weighted by Crippen LogP contribution is -2.17. The van der Waals surface area contributed by atoms with E-state index in [0.717, 1.165) is 10.8 Å². The maximum absolute atomic E-state index is 11.9. The second-order valence-corrected chi connectivity index (χ2v) is 4.20. The molecular weight excluding hydrogens is 210 g/mol. The molecular formula is C15H21NO. The fourth-order valence-corrected chi connectivity index (χ4v) is 1.91. The van der Waals surface area contributed by atoms with Gasteiger partial charge in [0.15, 0.2) is 0 Å². The zero-order valence-corrected chi connectivity index (χ0v) is 11.3. The molecule has 2 nitrogen and oxygen atoms in total. The number of aromatic nitrogens is 1. The second-order valence-electron chi connectivity index (χ2n) is 4.20. The molecule has 0 aliphatic carbocycles. The number of benzene rings is 1. The maximum atomic E-state index is 11.9. The van der Waals surface area contributed by atoms with E-state index in [1.165, 1.54) is 5.56 Å². The highest BCUT2D eigenvalue weighted by molar-refractivity contribution is 5.85. The highest BCUT2D eigenvalue weighted by Crippen LogP contribution is 2.22. The summed E-state index contributed by atoms with van der Waals surface area (Å²) in [7, 11) is 1.81. The van der Waals surface area contributed by atoms with Gasteiger partial charge in [-0.25, -0.2) is 0 Å². The van der Waals surface area contributed by atoms with Crippen molar-refractivity contribution in [1.82, 2.24) is 4.57 Å². The topological polar surface area (TPSA) is 22.0 Å². The summed E-state index contributed by atoms with van der Waals surface area (Å²) < 4.78 is 1.66. The molecule has 0 spiro atoms. The molecule has 2 rings (SSSR count). The lowest BCUT2D eigenvalue weighted by molar-refractivity contribution is 0.810. The van der Waals surface area contributed by atoms with Gasteiger partial charge in [0.25, 0.3) is 5.56 Å². The van der Waals surface area contributed by atoms with Gasteiger partial charge in [-0.05, 0) is 22.9 Å². The van der Waals surface area contributed by atoms with E-state index >= 15 is 0 Å². The van der Waals surface area contributed by atoms with E-state index in [9.17, 15) is 4.79 Å². The first-order valence-corrected chi connectivity index (χ1v) is 6.19. The van der Waals surface area contributed by atoms with Gasteiger partial charge in [0.1, 0.15) is 0 Å². The predicted octanol–water partition coefficient (Wildman–Crippen LogP) is 3.69. The number of aryl methyl sites for hydroxylation is 1. The van der Waals surface area contributed by atoms with Gasteiger partial charge in [-0.2, -0.15) is 0 Å². The quantitative estimate of drug-likeness (QED) is 0.733. The monoisotopic (exact) mass is 231 g/mol. The zero-order chi connectivity index (χ0) is 13.0. The molecule has 2 aromatic rings. The summed E-state index contributed by atoms with van der Waals surface area (Å²) in [5, 5.41) is 1.89. The molecule has 0 bridgehead atoms. The van der Waals surface area contributed by atoms with E-state index in [1.807, 2.05) is 44.3 Å². The molecule has 17 heavy (non-hydrogen) atoms. The van der Waals surface area contributed by atoms with Crippen molar-refractivity contribution < 1.29 is 0 Å². The Kier molecular flexibility index (Phi) is 4.50. The van der Waals surface area contributed by atoms with Gasteiger partial charge >= 0.3 is 0 Å². The summed E-state index contributed by atoms with van der Waals surface area (Å²) in [5.41, 5.74) is 1.31. The van der Waals surface area contributed by atoms with Crippen LogP contribution in [0.2, 0.25) is 0 Å². The summed E-state index contributed by atoms with van der Waals surface area (Å²) in [6, 6.07) is 7.80. The third-order valence-electron chi connectivity index (χ3n) is 2.74. The molecule has 0 saturated carbocycles. The van der Waals surface area contributed by atoms with Crippen LogP contribution in [0.3, 0.4) is 0 Å². The first kappa shape index (κ1) is 13.5. The average Bonchev–Trinajstić information content (AvgIpc) is 2.36. The third kappa shape index (κ3) is 2.57. The molecule has 92 valence electrons. The van der Waals surface area contributed by atoms with Crippen molar-refractivity contribution in [3.8, 4) is 0 Å². The van der Waals surface area contributed by atoms with E-state index in [0.29, 0.717) is 5.92 Å². The van der Waals surface area contributed by atoms with Crippen molar-refractivity contribution in [1.29, 1.82) is 0 Å². The predicted molar refractivity (Wildman–Crippen MR) is 74.6 cm³/mol. The molecule has 1 heterocycles. The molecule has 0 unspecified atom stereocenters. The van der Waals surface area contributed by atoms with Gasteiger partial charge in [0, 0.05) is 18.6 Å². The number of hydrogen-bond acceptors (Lipinski definition) is 1. The molecule has 1 aromatic heterocycles. The maximum Gasteiger partial charge on any atom is 0.258 e. The summed E-state index contributed by atoms with van der Waals surface area (Å²) in [6.07, 6.45) is 1.94. The van der Waals surface area contributed by atoms with Crippen molar-refractivity contribution in [2.45, 2.75) is 33.6 Å². The molecule has 0 atom stereocenters. The third-order valence-corrected chi connectivity index (χ3v) is 2.74. The fraction of sp³-hybridized carbons (Fsp3) is 0.400. The summed E-state index contributed by atoms with van der Waals surface area (Å²) in [6.45, 7) is 8.29. The normalized spacial score (nSPS) is 10.2. The first-order chi connectivity index (χ1) is 8.11. The largest absolute Gasteiger partial charge is 0.318 e. The van der Waals surface area contributed by atoms with Crippen LogP contribution in [0.15, 0.2) is 35.3 Å². The molecule has 1 aromatic carbocycles. The van der Waals surface area contributed by atoms with Gasteiger partial charge in [-0.3, -0.25) is 4.79 Å². The number of pyridine rings is 1. The smallest absolute Gasteiger partial charge is 0.258 e. The number of fused-ring (bicyclic) bond motifs is 1. The number of nitrogens with zero attached hydrogens (tertiary/aromatic N) is 1. The number of hydrogen-bond donors (Lipinski definition) is 0. The lowest BCUT2D eigenvalue weighted by atomic mass is 9.99. The van der Waals surface area contributed by atoms with Crippen LogP contribution in [-0.4, -0.2) is 4.57 Å². The van der Waals surface area contributed by atoms with Crippen LogP contribution in [0.4, 0.5) is 0 Å². The minimum absolute atomic E-state index is 0.0787. The van der Waals surface area contributed by atoms with Crippen molar-refractivity contribution in [3.05, 3.63) is 46.4 Å². The van der Waals surface area contributed by atoms with E-state index < -0.39 is 0 Å². The summed E-state index contributed by atoms with van der Waals surface area (Å²) in [5.74, 6) is 0.432. The fourth-order valence-electron chi connectivity index (χ4n) is 1.91. The van der Waals surface area contributed by atoms with E-state index in [2.05, 4.69) is 13.8 Å². The van der Waals surface area contributed by atoms with Crippen LogP contribution >= 0.6 is 0 Å².